The average Bonchev–Trinajstić information content (AvgIpc) is 2.85. The zero-order valence-electron chi connectivity index (χ0n) is 18.9. The Labute approximate surface area is 196 Å². The van der Waals surface area contributed by atoms with Crippen LogP contribution in [-0.4, -0.2) is 42.6 Å². The quantitative estimate of drug-likeness (QED) is 0.434. The molecule has 0 radical (unpaired) electrons. The standard InChI is InChI=1S/C27H31NO4.H3N/c29-26-24(20-30-17-21-10-4-1-5-11-21)28-16-25(31-18-22-12-6-2-7-13-22)27(26)32-19-23-14-8-3-9-15-23;/h1-15,24-29H,16-20H2;1H3/t24?,25-,26+,27+;/m0./s1. The highest BCUT2D eigenvalue weighted by Crippen LogP contribution is 2.21. The van der Waals surface area contributed by atoms with E-state index < -0.39 is 12.2 Å². The van der Waals surface area contributed by atoms with Crippen molar-refractivity contribution in [1.82, 2.24) is 11.5 Å². The largest absolute Gasteiger partial charge is 0.389 e. The summed E-state index contributed by atoms with van der Waals surface area (Å²) in [5.74, 6) is 0. The van der Waals surface area contributed by atoms with Crippen LogP contribution in [0.3, 0.4) is 0 Å². The van der Waals surface area contributed by atoms with Crippen molar-refractivity contribution in [2.45, 2.75) is 44.2 Å². The molecule has 0 saturated carbocycles. The maximum absolute atomic E-state index is 11.1. The number of benzene rings is 3. The van der Waals surface area contributed by atoms with Gasteiger partial charge in [-0.3, -0.25) is 0 Å². The number of ether oxygens (including phenoxy) is 3. The Balaban J connectivity index is 0.00000306. The Morgan fingerprint density at radius 1 is 0.697 bits per heavy atom. The summed E-state index contributed by atoms with van der Waals surface area (Å²) >= 11 is 0. The van der Waals surface area contributed by atoms with E-state index in [1.54, 1.807) is 0 Å². The maximum Gasteiger partial charge on any atom is 0.113 e. The third kappa shape index (κ3) is 7.47. The van der Waals surface area contributed by atoms with Crippen molar-refractivity contribution < 1.29 is 19.3 Å². The van der Waals surface area contributed by atoms with Crippen molar-refractivity contribution >= 4 is 0 Å². The predicted octanol–water partition coefficient (Wildman–Crippen LogP) is 3.87. The van der Waals surface area contributed by atoms with Gasteiger partial charge in [0.1, 0.15) is 12.2 Å². The molecule has 6 nitrogen and oxygen atoms in total. The molecule has 1 heterocycles. The summed E-state index contributed by atoms with van der Waals surface area (Å²) in [7, 11) is 0. The molecule has 6 heteroatoms. The second-order valence-electron chi connectivity index (χ2n) is 8.10. The minimum Gasteiger partial charge on any atom is -0.389 e. The molecule has 4 rings (SSSR count). The van der Waals surface area contributed by atoms with Gasteiger partial charge >= 0.3 is 0 Å². The minimum atomic E-state index is -0.746. The van der Waals surface area contributed by atoms with E-state index in [9.17, 15) is 5.11 Å². The molecule has 1 fully saturated rings. The summed E-state index contributed by atoms with van der Waals surface area (Å²) in [5, 5.41) is 14.5. The Morgan fingerprint density at radius 2 is 1.18 bits per heavy atom. The zero-order chi connectivity index (χ0) is 22.0. The number of nitrogens with one attached hydrogen (secondary N) is 1. The monoisotopic (exact) mass is 450 g/mol. The molecule has 4 atom stereocenters. The van der Waals surface area contributed by atoms with E-state index in [1.807, 2.05) is 91.0 Å². The lowest BCUT2D eigenvalue weighted by atomic mass is 9.96. The van der Waals surface area contributed by atoms with E-state index in [0.717, 1.165) is 16.7 Å². The first-order valence-electron chi connectivity index (χ1n) is 11.1. The number of hydrogen-bond donors (Lipinski definition) is 3. The van der Waals surface area contributed by atoms with Gasteiger partial charge in [0.25, 0.3) is 0 Å². The van der Waals surface area contributed by atoms with E-state index in [-0.39, 0.29) is 18.3 Å². The molecule has 0 aliphatic carbocycles. The number of piperidine rings is 1. The lowest BCUT2D eigenvalue weighted by Gasteiger charge is -2.40. The van der Waals surface area contributed by atoms with Crippen molar-refractivity contribution in [3.8, 4) is 0 Å². The van der Waals surface area contributed by atoms with Crippen LogP contribution in [0.15, 0.2) is 91.0 Å². The van der Waals surface area contributed by atoms with Gasteiger partial charge in [0.15, 0.2) is 0 Å². The molecular formula is C27H34N2O4. The van der Waals surface area contributed by atoms with Gasteiger partial charge in [0, 0.05) is 6.54 Å². The molecule has 176 valence electrons. The van der Waals surface area contributed by atoms with Gasteiger partial charge in [-0.1, -0.05) is 91.0 Å². The molecule has 1 unspecified atom stereocenters. The fourth-order valence-electron chi connectivity index (χ4n) is 3.89. The highest BCUT2D eigenvalue weighted by atomic mass is 16.6. The molecule has 0 aromatic heterocycles. The van der Waals surface area contributed by atoms with Crippen LogP contribution in [0, 0.1) is 0 Å². The summed E-state index contributed by atoms with van der Waals surface area (Å²) in [6, 6.07) is 29.9. The van der Waals surface area contributed by atoms with Crippen molar-refractivity contribution in [1.29, 1.82) is 0 Å². The van der Waals surface area contributed by atoms with Crippen LogP contribution < -0.4 is 11.5 Å². The van der Waals surface area contributed by atoms with E-state index >= 15 is 0 Å². The highest BCUT2D eigenvalue weighted by Gasteiger charge is 2.40. The topological polar surface area (TPSA) is 95.0 Å². The van der Waals surface area contributed by atoms with E-state index in [1.165, 1.54) is 0 Å². The van der Waals surface area contributed by atoms with Crippen LogP contribution in [0.1, 0.15) is 16.7 Å². The van der Waals surface area contributed by atoms with Gasteiger partial charge in [-0.2, -0.15) is 0 Å². The smallest absolute Gasteiger partial charge is 0.113 e. The molecule has 0 amide bonds. The summed E-state index contributed by atoms with van der Waals surface area (Å²) in [5.41, 5.74) is 3.27. The summed E-state index contributed by atoms with van der Waals surface area (Å²) in [6.45, 7) is 2.39. The molecule has 0 bridgehead atoms. The van der Waals surface area contributed by atoms with Crippen LogP contribution in [0.2, 0.25) is 0 Å². The Bertz CT molecular complexity index is 911. The lowest BCUT2D eigenvalue weighted by Crippen LogP contribution is -2.62. The fraction of sp³-hybridized carbons (Fsp3) is 0.333. The Hall–Kier alpha value is -2.58. The molecule has 0 spiro atoms. The lowest BCUT2D eigenvalue weighted by molar-refractivity contribution is -0.161. The third-order valence-electron chi connectivity index (χ3n) is 5.70. The van der Waals surface area contributed by atoms with Gasteiger partial charge < -0.3 is 30.8 Å². The van der Waals surface area contributed by atoms with Crippen LogP contribution in [0.5, 0.6) is 0 Å². The second kappa shape index (κ2) is 13.2. The Morgan fingerprint density at radius 3 is 1.73 bits per heavy atom. The van der Waals surface area contributed by atoms with Crippen molar-refractivity contribution in [3.05, 3.63) is 108 Å². The molecule has 5 N–H and O–H groups in total. The summed E-state index contributed by atoms with van der Waals surface area (Å²) in [6.07, 6.45) is -1.46. The molecule has 1 aliphatic rings. The molecule has 3 aromatic rings. The van der Waals surface area contributed by atoms with Gasteiger partial charge in [-0.25, -0.2) is 0 Å². The average molecular weight is 451 g/mol. The van der Waals surface area contributed by atoms with Gasteiger partial charge in [-0.15, -0.1) is 0 Å². The van der Waals surface area contributed by atoms with Gasteiger partial charge in [0.05, 0.1) is 38.6 Å². The fourth-order valence-corrected chi connectivity index (χ4v) is 3.89. The first-order chi connectivity index (χ1) is 15.8. The molecule has 1 saturated heterocycles. The summed E-state index contributed by atoms with van der Waals surface area (Å²) in [4.78, 5) is 0. The van der Waals surface area contributed by atoms with E-state index in [0.29, 0.717) is 33.0 Å². The molecular weight excluding hydrogens is 416 g/mol. The highest BCUT2D eigenvalue weighted by molar-refractivity contribution is 5.15. The number of aliphatic hydroxyl groups excluding tert-OH is 1. The number of aliphatic hydroxyl groups is 1. The first-order valence-corrected chi connectivity index (χ1v) is 11.1. The molecule has 3 aromatic carbocycles. The molecule has 33 heavy (non-hydrogen) atoms. The predicted molar refractivity (Wildman–Crippen MR) is 129 cm³/mol. The van der Waals surface area contributed by atoms with Crippen molar-refractivity contribution in [2.75, 3.05) is 13.2 Å². The number of rotatable bonds is 10. The maximum atomic E-state index is 11.1. The summed E-state index contributed by atoms with van der Waals surface area (Å²) < 4.78 is 18.3. The minimum absolute atomic E-state index is 0. The van der Waals surface area contributed by atoms with Crippen LogP contribution in [0.4, 0.5) is 0 Å². The van der Waals surface area contributed by atoms with Crippen LogP contribution >= 0.6 is 0 Å². The van der Waals surface area contributed by atoms with E-state index in [4.69, 9.17) is 14.2 Å². The zero-order valence-corrected chi connectivity index (χ0v) is 18.9. The Kier molecular flexibility index (Phi) is 10.0. The van der Waals surface area contributed by atoms with E-state index in [2.05, 4.69) is 5.32 Å². The van der Waals surface area contributed by atoms with Crippen molar-refractivity contribution in [3.63, 3.8) is 0 Å². The SMILES string of the molecule is N.O[C@@H]1C(COCc2ccccc2)NC[C@H](OCc2ccccc2)[C@H]1OCc1ccccc1. The second-order valence-corrected chi connectivity index (χ2v) is 8.10. The normalized spacial score (nSPS) is 22.5. The van der Waals surface area contributed by atoms with Gasteiger partial charge in [-0.05, 0) is 16.7 Å². The van der Waals surface area contributed by atoms with Crippen LogP contribution in [-0.2, 0) is 34.0 Å². The van der Waals surface area contributed by atoms with Crippen molar-refractivity contribution in [2.24, 2.45) is 0 Å². The number of hydrogen-bond acceptors (Lipinski definition) is 6. The molecule has 1 aliphatic heterocycles. The van der Waals surface area contributed by atoms with Gasteiger partial charge in [0.2, 0.25) is 0 Å². The van der Waals surface area contributed by atoms with Crippen LogP contribution in [0.25, 0.3) is 0 Å². The first kappa shape index (κ1) is 25.1. The third-order valence-corrected chi connectivity index (χ3v) is 5.70.